The maximum atomic E-state index is 13.3. The van der Waals surface area contributed by atoms with Crippen LogP contribution in [-0.4, -0.2) is 31.1 Å². The van der Waals surface area contributed by atoms with Gasteiger partial charge in [-0.2, -0.15) is 0 Å². The topological polar surface area (TPSA) is 50.8 Å². The van der Waals surface area contributed by atoms with Gasteiger partial charge in [-0.3, -0.25) is 10.1 Å². The molecule has 2 aromatic carbocycles. The zero-order chi connectivity index (χ0) is 17.1. The summed E-state index contributed by atoms with van der Waals surface area (Å²) >= 11 is 6.01. The van der Waals surface area contributed by atoms with Crippen LogP contribution in [-0.2, 0) is 6.54 Å². The average molecular weight is 351 g/mol. The minimum atomic E-state index is -0.587. The van der Waals surface area contributed by atoms with Gasteiger partial charge in [-0.05, 0) is 24.3 Å². The molecule has 0 amide bonds. The molecular formula is C17H18ClFN3O2+. The molecular weight excluding hydrogens is 333 g/mol. The molecule has 0 radical (unpaired) electrons. The number of quaternary nitrogens is 1. The first-order valence-corrected chi connectivity index (χ1v) is 8.17. The summed E-state index contributed by atoms with van der Waals surface area (Å²) in [5, 5.41) is 11.9. The summed E-state index contributed by atoms with van der Waals surface area (Å²) in [6.45, 7) is 3.99. The summed E-state index contributed by atoms with van der Waals surface area (Å²) < 4.78 is 13.3. The molecule has 1 N–H and O–H groups in total. The number of rotatable bonds is 4. The Morgan fingerprint density at radius 2 is 1.96 bits per heavy atom. The Morgan fingerprint density at radius 3 is 2.62 bits per heavy atom. The second kappa shape index (κ2) is 7.15. The maximum absolute atomic E-state index is 13.3. The van der Waals surface area contributed by atoms with Gasteiger partial charge in [0.15, 0.2) is 0 Å². The molecule has 1 heterocycles. The van der Waals surface area contributed by atoms with Crippen molar-refractivity contribution in [2.24, 2.45) is 0 Å². The maximum Gasteiger partial charge on any atom is 0.295 e. The molecule has 1 saturated heterocycles. The number of nitro groups is 1. The molecule has 3 rings (SSSR count). The van der Waals surface area contributed by atoms with E-state index in [-0.39, 0.29) is 5.69 Å². The van der Waals surface area contributed by atoms with Gasteiger partial charge in [0.1, 0.15) is 18.0 Å². The van der Waals surface area contributed by atoms with Crippen LogP contribution < -0.4 is 9.80 Å². The van der Waals surface area contributed by atoms with Gasteiger partial charge >= 0.3 is 0 Å². The predicted octanol–water partition coefficient (Wildman–Crippen LogP) is 2.29. The van der Waals surface area contributed by atoms with Crippen molar-refractivity contribution in [2.45, 2.75) is 6.54 Å². The molecule has 0 aliphatic carbocycles. The molecule has 24 heavy (non-hydrogen) atoms. The van der Waals surface area contributed by atoms with Crippen LogP contribution in [0.5, 0.6) is 0 Å². The fourth-order valence-electron chi connectivity index (χ4n) is 3.09. The van der Waals surface area contributed by atoms with Crippen molar-refractivity contribution >= 4 is 23.0 Å². The van der Waals surface area contributed by atoms with Crippen molar-refractivity contribution < 1.29 is 14.2 Å². The molecule has 0 saturated carbocycles. The lowest BCUT2D eigenvalue weighted by atomic mass is 10.1. The highest BCUT2D eigenvalue weighted by atomic mass is 35.5. The summed E-state index contributed by atoms with van der Waals surface area (Å²) in [6, 6.07) is 11.6. The van der Waals surface area contributed by atoms with Gasteiger partial charge in [-0.15, -0.1) is 0 Å². The van der Waals surface area contributed by atoms with E-state index in [1.54, 1.807) is 0 Å². The fraction of sp³-hybridized carbons (Fsp3) is 0.294. The van der Waals surface area contributed by atoms with E-state index < -0.39 is 10.7 Å². The second-order valence-corrected chi connectivity index (χ2v) is 6.37. The Labute approximate surface area is 144 Å². The van der Waals surface area contributed by atoms with Gasteiger partial charge in [0.05, 0.1) is 37.2 Å². The Bertz CT molecular complexity index is 748. The number of nitrogens with one attached hydrogen (secondary N) is 1. The molecule has 5 nitrogen and oxygen atoms in total. The van der Waals surface area contributed by atoms with Crippen molar-refractivity contribution in [1.29, 1.82) is 0 Å². The molecule has 7 heteroatoms. The number of hydrogen-bond donors (Lipinski definition) is 1. The van der Waals surface area contributed by atoms with Crippen LogP contribution in [0.2, 0.25) is 5.02 Å². The molecule has 0 atom stereocenters. The summed E-state index contributed by atoms with van der Waals surface area (Å²) in [6.07, 6.45) is 0. The van der Waals surface area contributed by atoms with Crippen LogP contribution in [0.3, 0.4) is 0 Å². The molecule has 1 aliphatic heterocycles. The minimum absolute atomic E-state index is 0.173. The summed E-state index contributed by atoms with van der Waals surface area (Å²) in [5.41, 5.74) is 1.50. The minimum Gasteiger partial charge on any atom is -0.355 e. The molecule has 126 valence electrons. The number of nitro benzene ring substituents is 1. The first kappa shape index (κ1) is 16.7. The lowest BCUT2D eigenvalue weighted by Crippen LogP contribution is -3.13. The monoisotopic (exact) mass is 350 g/mol. The van der Waals surface area contributed by atoms with E-state index in [1.165, 1.54) is 22.6 Å². The van der Waals surface area contributed by atoms with E-state index >= 15 is 0 Å². The first-order chi connectivity index (χ1) is 11.5. The number of halogens is 2. The van der Waals surface area contributed by atoms with Gasteiger partial charge in [-0.1, -0.05) is 23.7 Å². The van der Waals surface area contributed by atoms with Crippen molar-refractivity contribution in [3.63, 3.8) is 0 Å². The molecule has 0 spiro atoms. The highest BCUT2D eigenvalue weighted by Crippen LogP contribution is 2.28. The van der Waals surface area contributed by atoms with Crippen molar-refractivity contribution in [3.05, 3.63) is 69.0 Å². The molecule has 0 aromatic heterocycles. The second-order valence-electron chi connectivity index (χ2n) is 5.93. The Morgan fingerprint density at radius 1 is 1.21 bits per heavy atom. The number of benzene rings is 2. The SMILES string of the molecule is O=[N+]([O-])c1cc(F)ccc1N1CC[NH+](Cc2cccc(Cl)c2)CC1. The van der Waals surface area contributed by atoms with Crippen LogP contribution in [0.4, 0.5) is 15.8 Å². The van der Waals surface area contributed by atoms with Crippen LogP contribution in [0, 0.1) is 15.9 Å². The van der Waals surface area contributed by atoms with E-state index in [2.05, 4.69) is 6.07 Å². The summed E-state index contributed by atoms with van der Waals surface area (Å²) in [5.74, 6) is -0.587. The van der Waals surface area contributed by atoms with Crippen LogP contribution >= 0.6 is 11.6 Å². The lowest BCUT2D eigenvalue weighted by molar-refractivity contribution is -0.914. The number of anilines is 1. The summed E-state index contributed by atoms with van der Waals surface area (Å²) in [7, 11) is 0. The number of hydrogen-bond acceptors (Lipinski definition) is 3. The largest absolute Gasteiger partial charge is 0.355 e. The van der Waals surface area contributed by atoms with Gasteiger partial charge in [0, 0.05) is 10.6 Å². The molecule has 0 bridgehead atoms. The van der Waals surface area contributed by atoms with Crippen LogP contribution in [0.25, 0.3) is 0 Å². The highest BCUT2D eigenvalue weighted by Gasteiger charge is 2.26. The highest BCUT2D eigenvalue weighted by molar-refractivity contribution is 6.30. The van der Waals surface area contributed by atoms with Gasteiger partial charge in [0.25, 0.3) is 5.69 Å². The van der Waals surface area contributed by atoms with E-state index in [4.69, 9.17) is 11.6 Å². The molecule has 0 unspecified atom stereocenters. The van der Waals surface area contributed by atoms with E-state index in [0.29, 0.717) is 18.8 Å². The normalized spacial score (nSPS) is 15.5. The van der Waals surface area contributed by atoms with Crippen molar-refractivity contribution in [1.82, 2.24) is 0 Å². The third kappa shape index (κ3) is 3.83. The third-order valence-electron chi connectivity index (χ3n) is 4.29. The van der Waals surface area contributed by atoms with Crippen LogP contribution in [0.1, 0.15) is 5.56 Å². The molecule has 1 aliphatic rings. The quantitative estimate of drug-likeness (QED) is 0.680. The fourth-order valence-corrected chi connectivity index (χ4v) is 3.30. The van der Waals surface area contributed by atoms with Crippen LogP contribution in [0.15, 0.2) is 42.5 Å². The Balaban J connectivity index is 1.66. The van der Waals surface area contributed by atoms with Crippen molar-refractivity contribution in [2.75, 3.05) is 31.1 Å². The summed E-state index contributed by atoms with van der Waals surface area (Å²) in [4.78, 5) is 14.0. The van der Waals surface area contributed by atoms with Gasteiger partial charge in [0.2, 0.25) is 0 Å². The van der Waals surface area contributed by atoms with Gasteiger partial charge in [-0.25, -0.2) is 4.39 Å². The van der Waals surface area contributed by atoms with E-state index in [1.807, 2.05) is 23.1 Å². The average Bonchev–Trinajstić information content (AvgIpc) is 2.56. The van der Waals surface area contributed by atoms with Crippen molar-refractivity contribution in [3.8, 4) is 0 Å². The Kier molecular flexibility index (Phi) is 4.97. The molecule has 1 fully saturated rings. The molecule has 2 aromatic rings. The van der Waals surface area contributed by atoms with E-state index in [9.17, 15) is 14.5 Å². The Hall–Kier alpha value is -2.18. The number of nitrogens with zero attached hydrogens (tertiary/aromatic N) is 2. The smallest absolute Gasteiger partial charge is 0.295 e. The van der Waals surface area contributed by atoms with E-state index in [0.717, 1.165) is 30.7 Å². The first-order valence-electron chi connectivity index (χ1n) is 7.80. The zero-order valence-electron chi connectivity index (χ0n) is 13.0. The number of piperazine rings is 1. The third-order valence-corrected chi connectivity index (χ3v) is 4.52. The lowest BCUT2D eigenvalue weighted by Gasteiger charge is -2.33. The standard InChI is InChI=1S/C17H17ClFN3O2/c18-14-3-1-2-13(10-14)12-20-6-8-21(9-7-20)16-5-4-15(19)11-17(16)22(23)24/h1-5,10-11H,6-9,12H2/p+1. The van der Waals surface area contributed by atoms with Gasteiger partial charge < -0.3 is 9.80 Å². The zero-order valence-corrected chi connectivity index (χ0v) is 13.8. The predicted molar refractivity (Wildman–Crippen MR) is 91.1 cm³/mol.